The number of ether oxygens (including phenoxy) is 2. The van der Waals surface area contributed by atoms with E-state index < -0.39 is 6.04 Å². The van der Waals surface area contributed by atoms with E-state index in [0.717, 1.165) is 17.1 Å². The van der Waals surface area contributed by atoms with Crippen LogP contribution in [-0.2, 0) is 10.2 Å². The molecule has 0 unspecified atom stereocenters. The van der Waals surface area contributed by atoms with Crippen LogP contribution < -0.4 is 20.5 Å². The van der Waals surface area contributed by atoms with Crippen LogP contribution in [0.25, 0.3) is 0 Å². The Morgan fingerprint density at radius 1 is 1.33 bits per heavy atom. The number of carbonyl (C=O) groups is 1. The summed E-state index contributed by atoms with van der Waals surface area (Å²) < 4.78 is 11.1. The van der Waals surface area contributed by atoms with Gasteiger partial charge in [0.15, 0.2) is 11.5 Å². The molecule has 0 aromatic heterocycles. The lowest BCUT2D eigenvalue weighted by Gasteiger charge is -2.28. The number of benzene rings is 1. The normalized spacial score (nSPS) is 14.9. The Bertz CT molecular complexity index is 504. The van der Waals surface area contributed by atoms with Crippen molar-refractivity contribution in [3.05, 3.63) is 23.8 Å². The van der Waals surface area contributed by atoms with Crippen molar-refractivity contribution in [3.63, 3.8) is 0 Å². The Kier molecular flexibility index (Phi) is 5.87. The number of nitrogens with one attached hydrogen (secondary N) is 1. The lowest BCUT2D eigenvalue weighted by atomic mass is 9.84. The molecule has 1 aliphatic heterocycles. The van der Waals surface area contributed by atoms with Gasteiger partial charge >= 0.3 is 0 Å². The molecular formula is C15H23ClN2O3. The highest BCUT2D eigenvalue weighted by molar-refractivity contribution is 5.85. The molecule has 0 radical (unpaired) electrons. The van der Waals surface area contributed by atoms with E-state index in [1.165, 1.54) is 0 Å². The Labute approximate surface area is 131 Å². The van der Waals surface area contributed by atoms with Crippen LogP contribution in [0.15, 0.2) is 18.2 Å². The standard InChI is InChI=1S/C15H22N2O3.ClH/c1-10(16)14(18)17-9-15(2,3)11-4-5-12-13(8-11)20-7-6-19-12;/h4-5,8,10H,6-7,9,16H2,1-3H3,(H,17,18);1H/t10-;/m1./s1. The molecule has 5 nitrogen and oxygen atoms in total. The molecule has 0 bridgehead atoms. The van der Waals surface area contributed by atoms with E-state index in [2.05, 4.69) is 19.2 Å². The first kappa shape index (κ1) is 17.6. The number of carbonyl (C=O) groups excluding carboxylic acids is 1. The highest BCUT2D eigenvalue weighted by Gasteiger charge is 2.24. The van der Waals surface area contributed by atoms with Gasteiger partial charge in [-0.05, 0) is 24.6 Å². The molecule has 1 amide bonds. The van der Waals surface area contributed by atoms with E-state index in [-0.39, 0.29) is 23.7 Å². The number of hydrogen-bond donors (Lipinski definition) is 2. The summed E-state index contributed by atoms with van der Waals surface area (Å²) in [5.41, 5.74) is 6.43. The number of nitrogens with two attached hydrogens (primary N) is 1. The van der Waals surface area contributed by atoms with Crippen LogP contribution in [0.5, 0.6) is 11.5 Å². The third kappa shape index (κ3) is 4.25. The highest BCUT2D eigenvalue weighted by atomic mass is 35.5. The number of halogens is 1. The van der Waals surface area contributed by atoms with Gasteiger partial charge in [0.25, 0.3) is 0 Å². The molecular weight excluding hydrogens is 292 g/mol. The number of fused-ring (bicyclic) bond motifs is 1. The van der Waals surface area contributed by atoms with Crippen molar-refractivity contribution in [3.8, 4) is 11.5 Å². The van der Waals surface area contributed by atoms with Gasteiger partial charge in [0, 0.05) is 12.0 Å². The fourth-order valence-electron chi connectivity index (χ4n) is 2.04. The van der Waals surface area contributed by atoms with E-state index in [4.69, 9.17) is 15.2 Å². The Morgan fingerprint density at radius 3 is 2.57 bits per heavy atom. The fourth-order valence-corrected chi connectivity index (χ4v) is 2.04. The zero-order valence-corrected chi connectivity index (χ0v) is 13.5. The maximum absolute atomic E-state index is 11.6. The summed E-state index contributed by atoms with van der Waals surface area (Å²) in [5, 5.41) is 2.86. The molecule has 21 heavy (non-hydrogen) atoms. The molecule has 1 heterocycles. The minimum atomic E-state index is -0.494. The van der Waals surface area contributed by atoms with Crippen molar-refractivity contribution in [2.75, 3.05) is 19.8 Å². The minimum Gasteiger partial charge on any atom is -0.486 e. The van der Waals surface area contributed by atoms with E-state index >= 15 is 0 Å². The fraction of sp³-hybridized carbons (Fsp3) is 0.533. The lowest BCUT2D eigenvalue weighted by molar-refractivity contribution is -0.122. The number of amides is 1. The highest BCUT2D eigenvalue weighted by Crippen LogP contribution is 2.34. The van der Waals surface area contributed by atoms with Crippen LogP contribution >= 0.6 is 12.4 Å². The van der Waals surface area contributed by atoms with Crippen LogP contribution in [0.1, 0.15) is 26.3 Å². The largest absolute Gasteiger partial charge is 0.486 e. The summed E-state index contributed by atoms with van der Waals surface area (Å²) >= 11 is 0. The Hall–Kier alpha value is -1.46. The summed E-state index contributed by atoms with van der Waals surface area (Å²) in [4.78, 5) is 11.6. The van der Waals surface area contributed by atoms with Gasteiger partial charge in [0.1, 0.15) is 13.2 Å². The molecule has 118 valence electrons. The van der Waals surface area contributed by atoms with Gasteiger partial charge in [0.2, 0.25) is 5.91 Å². The van der Waals surface area contributed by atoms with E-state index in [0.29, 0.717) is 19.8 Å². The van der Waals surface area contributed by atoms with Crippen molar-refractivity contribution in [2.24, 2.45) is 5.73 Å². The average Bonchev–Trinajstić information content (AvgIpc) is 2.44. The number of rotatable bonds is 4. The van der Waals surface area contributed by atoms with Gasteiger partial charge in [-0.2, -0.15) is 0 Å². The van der Waals surface area contributed by atoms with E-state index in [9.17, 15) is 4.79 Å². The monoisotopic (exact) mass is 314 g/mol. The van der Waals surface area contributed by atoms with Crippen molar-refractivity contribution in [2.45, 2.75) is 32.2 Å². The molecule has 0 spiro atoms. The van der Waals surface area contributed by atoms with Crippen LogP contribution in [0.2, 0.25) is 0 Å². The van der Waals surface area contributed by atoms with Crippen LogP contribution in [0.3, 0.4) is 0 Å². The zero-order chi connectivity index (χ0) is 14.8. The van der Waals surface area contributed by atoms with Gasteiger partial charge in [-0.1, -0.05) is 19.9 Å². The summed E-state index contributed by atoms with van der Waals surface area (Å²) in [6, 6.07) is 5.41. The summed E-state index contributed by atoms with van der Waals surface area (Å²) in [5.74, 6) is 1.39. The van der Waals surface area contributed by atoms with Crippen molar-refractivity contribution in [1.82, 2.24) is 5.32 Å². The summed E-state index contributed by atoms with van der Waals surface area (Å²) in [6.07, 6.45) is 0. The summed E-state index contributed by atoms with van der Waals surface area (Å²) in [6.45, 7) is 7.48. The second-order valence-electron chi connectivity index (χ2n) is 5.75. The molecule has 3 N–H and O–H groups in total. The van der Waals surface area contributed by atoms with E-state index in [1.54, 1.807) is 6.92 Å². The predicted octanol–water partition coefficient (Wildman–Crippen LogP) is 1.62. The zero-order valence-electron chi connectivity index (χ0n) is 12.6. The lowest BCUT2D eigenvalue weighted by Crippen LogP contribution is -2.43. The average molecular weight is 315 g/mol. The van der Waals surface area contributed by atoms with Gasteiger partial charge < -0.3 is 20.5 Å². The Morgan fingerprint density at radius 2 is 1.95 bits per heavy atom. The van der Waals surface area contributed by atoms with Crippen LogP contribution in [0.4, 0.5) is 0 Å². The molecule has 0 aliphatic carbocycles. The van der Waals surface area contributed by atoms with Gasteiger partial charge in [-0.25, -0.2) is 0 Å². The van der Waals surface area contributed by atoms with Crippen LogP contribution in [0, 0.1) is 0 Å². The quantitative estimate of drug-likeness (QED) is 0.885. The molecule has 1 aliphatic rings. The van der Waals surface area contributed by atoms with Crippen molar-refractivity contribution >= 4 is 18.3 Å². The van der Waals surface area contributed by atoms with Crippen LogP contribution in [-0.4, -0.2) is 31.7 Å². The minimum absolute atomic E-state index is 0. The molecule has 0 saturated carbocycles. The smallest absolute Gasteiger partial charge is 0.236 e. The Balaban J connectivity index is 0.00000220. The molecule has 0 saturated heterocycles. The molecule has 2 rings (SSSR count). The SMILES string of the molecule is C[C@@H](N)C(=O)NCC(C)(C)c1ccc2c(c1)OCCO2.Cl. The molecule has 6 heteroatoms. The van der Waals surface area contributed by atoms with E-state index in [1.807, 2.05) is 18.2 Å². The second kappa shape index (κ2) is 7.00. The molecule has 1 aromatic rings. The third-order valence-electron chi connectivity index (χ3n) is 3.44. The maximum atomic E-state index is 11.6. The molecule has 0 fully saturated rings. The first-order chi connectivity index (χ1) is 9.40. The third-order valence-corrected chi connectivity index (χ3v) is 3.44. The number of hydrogen-bond acceptors (Lipinski definition) is 4. The second-order valence-corrected chi connectivity index (χ2v) is 5.75. The van der Waals surface area contributed by atoms with Gasteiger partial charge in [-0.15, -0.1) is 12.4 Å². The predicted molar refractivity (Wildman–Crippen MR) is 84.4 cm³/mol. The molecule has 1 atom stereocenters. The van der Waals surface area contributed by atoms with Crippen molar-refractivity contribution in [1.29, 1.82) is 0 Å². The molecule has 1 aromatic carbocycles. The topological polar surface area (TPSA) is 73.6 Å². The maximum Gasteiger partial charge on any atom is 0.236 e. The van der Waals surface area contributed by atoms with Gasteiger partial charge in [-0.3, -0.25) is 4.79 Å². The van der Waals surface area contributed by atoms with Crippen molar-refractivity contribution < 1.29 is 14.3 Å². The first-order valence-corrected chi connectivity index (χ1v) is 6.83. The summed E-state index contributed by atoms with van der Waals surface area (Å²) in [7, 11) is 0. The van der Waals surface area contributed by atoms with Gasteiger partial charge in [0.05, 0.1) is 6.04 Å². The first-order valence-electron chi connectivity index (χ1n) is 6.83.